The van der Waals surface area contributed by atoms with Crippen molar-refractivity contribution in [2.75, 3.05) is 13.8 Å². The number of amides is 1. The first-order valence-corrected chi connectivity index (χ1v) is 7.18. The summed E-state index contributed by atoms with van der Waals surface area (Å²) in [6.45, 7) is 6.35. The van der Waals surface area contributed by atoms with Gasteiger partial charge in [-0.15, -0.1) is 0 Å². The van der Waals surface area contributed by atoms with Gasteiger partial charge in [-0.1, -0.05) is 6.07 Å². The molecule has 0 N–H and O–H groups in total. The molecule has 2 aromatic rings. The molecule has 116 valence electrons. The van der Waals surface area contributed by atoms with Crippen molar-refractivity contribution in [3.8, 4) is 11.5 Å². The van der Waals surface area contributed by atoms with E-state index in [1.165, 1.54) is 0 Å². The van der Waals surface area contributed by atoms with Gasteiger partial charge in [0.05, 0.1) is 5.56 Å². The van der Waals surface area contributed by atoms with Gasteiger partial charge in [-0.2, -0.15) is 0 Å². The number of ether oxygens (including phenoxy) is 2. The van der Waals surface area contributed by atoms with Gasteiger partial charge in [0.25, 0.3) is 5.91 Å². The van der Waals surface area contributed by atoms with Gasteiger partial charge < -0.3 is 18.8 Å². The fourth-order valence-electron chi connectivity index (χ4n) is 2.68. The Morgan fingerprint density at radius 3 is 2.55 bits per heavy atom. The number of hydrogen-bond donors (Lipinski definition) is 0. The molecular weight excluding hydrogens is 282 g/mol. The van der Waals surface area contributed by atoms with Crippen LogP contribution in [0.2, 0.25) is 0 Å². The van der Waals surface area contributed by atoms with Gasteiger partial charge in [-0.3, -0.25) is 4.79 Å². The van der Waals surface area contributed by atoms with Crippen LogP contribution in [0.25, 0.3) is 0 Å². The number of hydrogen-bond acceptors (Lipinski definition) is 4. The van der Waals surface area contributed by atoms with Crippen LogP contribution in [0.15, 0.2) is 22.6 Å². The van der Waals surface area contributed by atoms with Gasteiger partial charge in [0.15, 0.2) is 11.5 Å². The molecule has 1 aromatic carbocycles. The van der Waals surface area contributed by atoms with Crippen molar-refractivity contribution in [3.05, 3.63) is 46.4 Å². The van der Waals surface area contributed by atoms with Crippen LogP contribution in [-0.2, 0) is 6.54 Å². The molecule has 2 heterocycles. The Morgan fingerprint density at radius 2 is 1.86 bits per heavy atom. The predicted octanol–water partition coefficient (Wildman–Crippen LogP) is 3.21. The van der Waals surface area contributed by atoms with E-state index in [4.69, 9.17) is 13.9 Å². The molecule has 0 fully saturated rings. The van der Waals surface area contributed by atoms with E-state index in [9.17, 15) is 4.79 Å². The van der Waals surface area contributed by atoms with E-state index in [0.717, 1.165) is 28.4 Å². The Balaban J connectivity index is 1.79. The molecule has 1 amide bonds. The van der Waals surface area contributed by atoms with Crippen LogP contribution in [0.1, 0.15) is 33.0 Å². The van der Waals surface area contributed by atoms with E-state index in [-0.39, 0.29) is 12.7 Å². The molecular formula is C17H19NO4. The fourth-order valence-corrected chi connectivity index (χ4v) is 2.68. The summed E-state index contributed by atoms with van der Waals surface area (Å²) < 4.78 is 16.2. The van der Waals surface area contributed by atoms with Crippen molar-refractivity contribution in [1.29, 1.82) is 0 Å². The smallest absolute Gasteiger partial charge is 0.257 e. The number of nitrogens with zero attached hydrogens (tertiary/aromatic N) is 1. The highest BCUT2D eigenvalue weighted by atomic mass is 16.7. The first-order valence-electron chi connectivity index (χ1n) is 7.18. The van der Waals surface area contributed by atoms with Gasteiger partial charge in [0.2, 0.25) is 6.79 Å². The quantitative estimate of drug-likeness (QED) is 0.873. The molecule has 0 radical (unpaired) electrons. The zero-order chi connectivity index (χ0) is 15.9. The van der Waals surface area contributed by atoms with E-state index in [1.807, 2.05) is 39.0 Å². The molecule has 0 unspecified atom stereocenters. The summed E-state index contributed by atoms with van der Waals surface area (Å²) in [7, 11) is 1.79. The number of rotatable bonds is 3. The Labute approximate surface area is 129 Å². The molecule has 0 saturated carbocycles. The zero-order valence-corrected chi connectivity index (χ0v) is 13.2. The van der Waals surface area contributed by atoms with Crippen LogP contribution < -0.4 is 9.47 Å². The van der Waals surface area contributed by atoms with E-state index in [1.54, 1.807) is 11.9 Å². The fraction of sp³-hybridized carbons (Fsp3) is 0.353. The second-order valence-corrected chi connectivity index (χ2v) is 5.56. The number of benzene rings is 1. The van der Waals surface area contributed by atoms with Crippen molar-refractivity contribution >= 4 is 5.91 Å². The molecule has 0 bridgehead atoms. The average molecular weight is 301 g/mol. The van der Waals surface area contributed by atoms with Crippen LogP contribution in [-0.4, -0.2) is 24.6 Å². The molecule has 1 aliphatic rings. The lowest BCUT2D eigenvalue weighted by Crippen LogP contribution is -2.27. The van der Waals surface area contributed by atoms with E-state index in [2.05, 4.69) is 0 Å². The largest absolute Gasteiger partial charge is 0.466 e. The maximum Gasteiger partial charge on any atom is 0.257 e. The number of aryl methyl sites for hydroxylation is 2. The Hall–Kier alpha value is -2.43. The minimum Gasteiger partial charge on any atom is -0.466 e. The third-order valence-electron chi connectivity index (χ3n) is 3.98. The van der Waals surface area contributed by atoms with Gasteiger partial charge in [0, 0.05) is 19.2 Å². The Kier molecular flexibility index (Phi) is 3.56. The molecule has 1 aliphatic heterocycles. The lowest BCUT2D eigenvalue weighted by molar-refractivity contribution is 0.0782. The highest BCUT2D eigenvalue weighted by Gasteiger charge is 2.22. The van der Waals surface area contributed by atoms with Gasteiger partial charge in [-0.25, -0.2) is 0 Å². The lowest BCUT2D eigenvalue weighted by atomic mass is 10.1. The summed E-state index contributed by atoms with van der Waals surface area (Å²) >= 11 is 0. The Morgan fingerprint density at radius 1 is 1.14 bits per heavy atom. The highest BCUT2D eigenvalue weighted by Crippen LogP contribution is 2.33. The van der Waals surface area contributed by atoms with Crippen molar-refractivity contribution in [1.82, 2.24) is 4.90 Å². The van der Waals surface area contributed by atoms with Crippen molar-refractivity contribution in [2.24, 2.45) is 0 Å². The van der Waals surface area contributed by atoms with Crippen LogP contribution >= 0.6 is 0 Å². The summed E-state index contributed by atoms with van der Waals surface area (Å²) in [4.78, 5) is 14.3. The SMILES string of the molecule is Cc1oc(C)c(C(=O)N(C)Cc2ccc3c(c2)OCO3)c1C. The summed E-state index contributed by atoms with van der Waals surface area (Å²) in [5.74, 6) is 2.89. The third-order valence-corrected chi connectivity index (χ3v) is 3.98. The lowest BCUT2D eigenvalue weighted by Gasteiger charge is -2.17. The topological polar surface area (TPSA) is 51.9 Å². The second kappa shape index (κ2) is 5.40. The number of fused-ring (bicyclic) bond motifs is 1. The normalized spacial score (nSPS) is 12.5. The van der Waals surface area contributed by atoms with Crippen molar-refractivity contribution in [2.45, 2.75) is 27.3 Å². The third kappa shape index (κ3) is 2.43. The van der Waals surface area contributed by atoms with Crippen LogP contribution in [0.4, 0.5) is 0 Å². The van der Waals surface area contributed by atoms with Gasteiger partial charge in [-0.05, 0) is 38.5 Å². The molecule has 5 heteroatoms. The predicted molar refractivity (Wildman–Crippen MR) is 81.3 cm³/mol. The maximum atomic E-state index is 12.6. The van der Waals surface area contributed by atoms with E-state index >= 15 is 0 Å². The number of furan rings is 1. The number of carbonyl (C=O) groups excluding carboxylic acids is 1. The first kappa shape index (κ1) is 14.5. The van der Waals surface area contributed by atoms with E-state index < -0.39 is 0 Å². The monoisotopic (exact) mass is 301 g/mol. The minimum atomic E-state index is -0.0375. The van der Waals surface area contributed by atoms with Crippen LogP contribution in [0.5, 0.6) is 11.5 Å². The van der Waals surface area contributed by atoms with Crippen LogP contribution in [0, 0.1) is 20.8 Å². The molecule has 5 nitrogen and oxygen atoms in total. The van der Waals surface area contributed by atoms with Crippen molar-refractivity contribution in [3.63, 3.8) is 0 Å². The van der Waals surface area contributed by atoms with E-state index in [0.29, 0.717) is 17.9 Å². The average Bonchev–Trinajstić information content (AvgIpc) is 3.03. The minimum absolute atomic E-state index is 0.0375. The molecule has 22 heavy (non-hydrogen) atoms. The van der Waals surface area contributed by atoms with Gasteiger partial charge >= 0.3 is 0 Å². The summed E-state index contributed by atoms with van der Waals surface area (Å²) in [5.41, 5.74) is 2.55. The standard InChI is InChI=1S/C17H19NO4/c1-10-11(2)22-12(3)16(10)17(19)18(4)8-13-5-6-14-15(7-13)21-9-20-14/h5-7H,8-9H2,1-4H3. The molecule has 3 rings (SSSR count). The maximum absolute atomic E-state index is 12.6. The van der Waals surface area contributed by atoms with Crippen LogP contribution in [0.3, 0.4) is 0 Å². The summed E-state index contributed by atoms with van der Waals surface area (Å²) in [6.07, 6.45) is 0. The summed E-state index contributed by atoms with van der Waals surface area (Å²) in [6, 6.07) is 5.72. The molecule has 1 aromatic heterocycles. The highest BCUT2D eigenvalue weighted by molar-refractivity contribution is 5.96. The van der Waals surface area contributed by atoms with Gasteiger partial charge in [0.1, 0.15) is 11.5 Å². The zero-order valence-electron chi connectivity index (χ0n) is 13.2. The molecule has 0 aliphatic carbocycles. The molecule has 0 atom stereocenters. The Bertz CT molecular complexity index is 733. The molecule has 0 saturated heterocycles. The van der Waals surface area contributed by atoms with Crippen molar-refractivity contribution < 1.29 is 18.7 Å². The second-order valence-electron chi connectivity index (χ2n) is 5.56. The summed E-state index contributed by atoms with van der Waals surface area (Å²) in [5, 5.41) is 0. The number of carbonyl (C=O) groups is 1. The first-order chi connectivity index (χ1) is 10.5. The molecule has 0 spiro atoms.